The van der Waals surface area contributed by atoms with Gasteiger partial charge in [0, 0.05) is 38.4 Å². The highest BCUT2D eigenvalue weighted by atomic mass is 15.3. The summed E-state index contributed by atoms with van der Waals surface area (Å²) in [5.41, 5.74) is 3.99. The second-order valence-electron chi connectivity index (χ2n) is 4.30. The number of aryl methyl sites for hydroxylation is 2. The Hall–Kier alpha value is -1.61. The van der Waals surface area contributed by atoms with Crippen LogP contribution in [0.2, 0.25) is 0 Å². The number of aromatic nitrogens is 2. The molecule has 1 N–H and O–H groups in total. The molecule has 0 fully saturated rings. The van der Waals surface area contributed by atoms with E-state index in [4.69, 9.17) is 0 Å². The van der Waals surface area contributed by atoms with E-state index in [0.717, 1.165) is 19.5 Å². The molecule has 2 rings (SSSR count). The molecule has 0 unspecified atom stereocenters. The number of rotatable bonds is 5. The van der Waals surface area contributed by atoms with Crippen LogP contribution in [0.1, 0.15) is 16.8 Å². The summed E-state index contributed by atoms with van der Waals surface area (Å²) in [5.74, 6) is 0. The van der Waals surface area contributed by atoms with Gasteiger partial charge < -0.3 is 5.32 Å². The van der Waals surface area contributed by atoms with Gasteiger partial charge in [0.2, 0.25) is 0 Å². The van der Waals surface area contributed by atoms with Crippen LogP contribution in [-0.4, -0.2) is 16.3 Å². The number of benzene rings is 1. The molecule has 3 heteroatoms. The molecule has 0 amide bonds. The van der Waals surface area contributed by atoms with E-state index < -0.39 is 0 Å². The summed E-state index contributed by atoms with van der Waals surface area (Å²) >= 11 is 0. The van der Waals surface area contributed by atoms with E-state index in [1.165, 1.54) is 16.8 Å². The lowest BCUT2D eigenvalue weighted by Crippen LogP contribution is -2.18. The molecule has 1 aromatic carbocycles. The Bertz CT molecular complexity index is 474. The molecule has 2 aromatic rings. The highest BCUT2D eigenvalue weighted by Gasteiger charge is 1.99. The van der Waals surface area contributed by atoms with Gasteiger partial charge in [0.15, 0.2) is 0 Å². The van der Waals surface area contributed by atoms with Crippen molar-refractivity contribution >= 4 is 0 Å². The highest BCUT2D eigenvalue weighted by Crippen LogP contribution is 2.06. The SMILES string of the molecule is Cc1ccccc1CNCCc1ccnn1C. The van der Waals surface area contributed by atoms with E-state index in [1.807, 2.05) is 17.9 Å². The predicted molar refractivity (Wildman–Crippen MR) is 69.8 cm³/mol. The predicted octanol–water partition coefficient (Wildman–Crippen LogP) is 2.06. The zero-order chi connectivity index (χ0) is 12.1. The monoisotopic (exact) mass is 229 g/mol. The molecule has 90 valence electrons. The van der Waals surface area contributed by atoms with Gasteiger partial charge in [0.1, 0.15) is 0 Å². The van der Waals surface area contributed by atoms with Crippen LogP contribution in [0.4, 0.5) is 0 Å². The third-order valence-electron chi connectivity index (χ3n) is 3.06. The molecule has 0 aliphatic rings. The minimum Gasteiger partial charge on any atom is -0.312 e. The molecular formula is C14H19N3. The van der Waals surface area contributed by atoms with Crippen molar-refractivity contribution in [3.05, 3.63) is 53.3 Å². The van der Waals surface area contributed by atoms with Crippen molar-refractivity contribution < 1.29 is 0 Å². The van der Waals surface area contributed by atoms with Gasteiger partial charge in [0.25, 0.3) is 0 Å². The first kappa shape index (κ1) is 11.9. The van der Waals surface area contributed by atoms with E-state index in [0.29, 0.717) is 0 Å². The fourth-order valence-electron chi connectivity index (χ4n) is 1.89. The lowest BCUT2D eigenvalue weighted by atomic mass is 10.1. The maximum absolute atomic E-state index is 4.16. The van der Waals surface area contributed by atoms with Crippen LogP contribution in [0.5, 0.6) is 0 Å². The summed E-state index contributed by atoms with van der Waals surface area (Å²) in [4.78, 5) is 0. The largest absolute Gasteiger partial charge is 0.312 e. The molecular weight excluding hydrogens is 210 g/mol. The van der Waals surface area contributed by atoms with Crippen LogP contribution in [0, 0.1) is 6.92 Å². The zero-order valence-electron chi connectivity index (χ0n) is 10.5. The summed E-state index contributed by atoms with van der Waals surface area (Å²) < 4.78 is 1.93. The average Bonchev–Trinajstić information content (AvgIpc) is 2.73. The van der Waals surface area contributed by atoms with Crippen LogP contribution in [0.3, 0.4) is 0 Å². The first-order chi connectivity index (χ1) is 8.27. The molecule has 0 bridgehead atoms. The van der Waals surface area contributed by atoms with Gasteiger partial charge in [0.05, 0.1) is 0 Å². The van der Waals surface area contributed by atoms with Crippen LogP contribution in [0.25, 0.3) is 0 Å². The molecule has 0 saturated heterocycles. The van der Waals surface area contributed by atoms with Gasteiger partial charge in [-0.1, -0.05) is 24.3 Å². The Morgan fingerprint density at radius 1 is 1.24 bits per heavy atom. The molecule has 1 heterocycles. The average molecular weight is 229 g/mol. The Kier molecular flexibility index (Phi) is 3.94. The van der Waals surface area contributed by atoms with E-state index in [2.05, 4.69) is 47.7 Å². The van der Waals surface area contributed by atoms with Crippen molar-refractivity contribution in [3.8, 4) is 0 Å². The second-order valence-corrected chi connectivity index (χ2v) is 4.30. The lowest BCUT2D eigenvalue weighted by molar-refractivity contribution is 0.642. The van der Waals surface area contributed by atoms with Crippen LogP contribution in [0.15, 0.2) is 36.5 Å². The van der Waals surface area contributed by atoms with Crippen LogP contribution in [-0.2, 0) is 20.0 Å². The third kappa shape index (κ3) is 3.17. The fourth-order valence-corrected chi connectivity index (χ4v) is 1.89. The first-order valence-corrected chi connectivity index (χ1v) is 5.99. The fraction of sp³-hybridized carbons (Fsp3) is 0.357. The minimum absolute atomic E-state index is 0.935. The van der Waals surface area contributed by atoms with Crippen LogP contribution < -0.4 is 5.32 Å². The van der Waals surface area contributed by atoms with Gasteiger partial charge >= 0.3 is 0 Å². The maximum atomic E-state index is 4.16. The molecule has 0 radical (unpaired) electrons. The summed E-state index contributed by atoms with van der Waals surface area (Å²) in [6.07, 6.45) is 2.86. The van der Waals surface area contributed by atoms with E-state index >= 15 is 0 Å². The summed E-state index contributed by atoms with van der Waals surface area (Å²) in [5, 5.41) is 7.62. The van der Waals surface area contributed by atoms with Crippen molar-refractivity contribution in [2.45, 2.75) is 19.9 Å². The van der Waals surface area contributed by atoms with Gasteiger partial charge in [-0.15, -0.1) is 0 Å². The molecule has 0 saturated carbocycles. The number of nitrogens with zero attached hydrogens (tertiary/aromatic N) is 2. The summed E-state index contributed by atoms with van der Waals surface area (Å²) in [6, 6.07) is 10.6. The Balaban J connectivity index is 1.77. The van der Waals surface area contributed by atoms with Gasteiger partial charge in [-0.3, -0.25) is 4.68 Å². The molecule has 0 spiro atoms. The highest BCUT2D eigenvalue weighted by molar-refractivity contribution is 5.25. The second kappa shape index (κ2) is 5.64. The van der Waals surface area contributed by atoms with Crippen molar-refractivity contribution in [2.24, 2.45) is 7.05 Å². The minimum atomic E-state index is 0.935. The molecule has 1 aromatic heterocycles. The standard InChI is InChI=1S/C14H19N3/c1-12-5-3-4-6-13(12)11-15-9-7-14-8-10-16-17(14)2/h3-6,8,10,15H,7,9,11H2,1-2H3. The molecule has 0 atom stereocenters. The molecule has 17 heavy (non-hydrogen) atoms. The van der Waals surface area contributed by atoms with E-state index in [-0.39, 0.29) is 0 Å². The van der Waals surface area contributed by atoms with Crippen molar-refractivity contribution in [1.29, 1.82) is 0 Å². The molecule has 0 aliphatic carbocycles. The van der Waals surface area contributed by atoms with Crippen molar-refractivity contribution in [3.63, 3.8) is 0 Å². The number of hydrogen-bond acceptors (Lipinski definition) is 2. The van der Waals surface area contributed by atoms with Gasteiger partial charge in [-0.2, -0.15) is 5.10 Å². The molecule has 0 aliphatic heterocycles. The lowest BCUT2D eigenvalue weighted by Gasteiger charge is -2.07. The Morgan fingerprint density at radius 3 is 2.76 bits per heavy atom. The van der Waals surface area contributed by atoms with Crippen LogP contribution >= 0.6 is 0 Å². The Morgan fingerprint density at radius 2 is 2.06 bits per heavy atom. The number of nitrogens with one attached hydrogen (secondary N) is 1. The first-order valence-electron chi connectivity index (χ1n) is 5.99. The number of hydrogen-bond donors (Lipinski definition) is 1. The normalized spacial score (nSPS) is 10.7. The van der Waals surface area contributed by atoms with Gasteiger partial charge in [-0.05, 0) is 24.1 Å². The van der Waals surface area contributed by atoms with Crippen molar-refractivity contribution in [2.75, 3.05) is 6.54 Å². The quantitative estimate of drug-likeness (QED) is 0.795. The van der Waals surface area contributed by atoms with E-state index in [9.17, 15) is 0 Å². The van der Waals surface area contributed by atoms with E-state index in [1.54, 1.807) is 0 Å². The van der Waals surface area contributed by atoms with Gasteiger partial charge in [-0.25, -0.2) is 0 Å². The smallest absolute Gasteiger partial charge is 0.0492 e. The summed E-state index contributed by atoms with van der Waals surface area (Å²) in [6.45, 7) is 4.07. The van der Waals surface area contributed by atoms with Crippen molar-refractivity contribution in [1.82, 2.24) is 15.1 Å². The third-order valence-corrected chi connectivity index (χ3v) is 3.06. The maximum Gasteiger partial charge on any atom is 0.0492 e. The molecule has 3 nitrogen and oxygen atoms in total. The summed E-state index contributed by atoms with van der Waals surface area (Å²) in [7, 11) is 1.98. The zero-order valence-corrected chi connectivity index (χ0v) is 10.5. The Labute approximate surface area is 102 Å². The topological polar surface area (TPSA) is 29.9 Å².